The van der Waals surface area contributed by atoms with Crippen LogP contribution in [0.4, 0.5) is 0 Å². The Balaban J connectivity index is 1.25. The van der Waals surface area contributed by atoms with Crippen molar-refractivity contribution in [3.8, 4) is 28.6 Å². The molecule has 2 aromatic heterocycles. The van der Waals surface area contributed by atoms with Gasteiger partial charge in [0.2, 0.25) is 11.8 Å². The van der Waals surface area contributed by atoms with Gasteiger partial charge in [0.1, 0.15) is 12.7 Å². The molecule has 1 amide bonds. The average molecular weight is 436 g/mol. The highest BCUT2D eigenvalue weighted by Gasteiger charge is 2.14. The Morgan fingerprint density at radius 3 is 2.18 bits per heavy atom. The molecule has 3 aromatic carbocycles. The summed E-state index contributed by atoms with van der Waals surface area (Å²) in [6.45, 7) is 1.94. The third kappa shape index (κ3) is 4.40. The number of rotatable bonds is 6. The minimum atomic E-state index is -0.162. The van der Waals surface area contributed by atoms with Crippen molar-refractivity contribution >= 4 is 5.91 Å². The molecule has 1 unspecified atom stereocenters. The standard InChI is InChI=1S/C25H20N6O2/c1-17(18-11-13-22(14-12-18)31-16-26-15-27-31)28-23(32)19-7-9-21(10-8-19)25-30-29-24(33-25)20-5-3-2-4-6-20/h2-17H,1H3,(H,28,32). The number of aromatic nitrogens is 5. The number of benzene rings is 3. The van der Waals surface area contributed by atoms with Crippen molar-refractivity contribution < 1.29 is 9.21 Å². The molecule has 33 heavy (non-hydrogen) atoms. The van der Waals surface area contributed by atoms with Crippen molar-refractivity contribution in [2.45, 2.75) is 13.0 Å². The molecular formula is C25H20N6O2. The quantitative estimate of drug-likeness (QED) is 0.422. The molecule has 5 rings (SSSR count). The molecule has 8 nitrogen and oxygen atoms in total. The second kappa shape index (κ2) is 8.88. The van der Waals surface area contributed by atoms with Crippen LogP contribution in [0.5, 0.6) is 0 Å². The van der Waals surface area contributed by atoms with E-state index in [2.05, 4.69) is 25.6 Å². The topological polar surface area (TPSA) is 98.7 Å². The average Bonchev–Trinajstić information content (AvgIpc) is 3.58. The first-order valence-corrected chi connectivity index (χ1v) is 10.4. The molecule has 0 aliphatic carbocycles. The van der Waals surface area contributed by atoms with Crippen LogP contribution in [0.2, 0.25) is 0 Å². The summed E-state index contributed by atoms with van der Waals surface area (Å²) in [4.78, 5) is 16.7. The van der Waals surface area contributed by atoms with Crippen LogP contribution in [0, 0.1) is 0 Å². The number of carbonyl (C=O) groups is 1. The van der Waals surface area contributed by atoms with E-state index in [4.69, 9.17) is 4.42 Å². The van der Waals surface area contributed by atoms with E-state index in [9.17, 15) is 4.79 Å². The summed E-state index contributed by atoms with van der Waals surface area (Å²) in [6.07, 6.45) is 3.13. The van der Waals surface area contributed by atoms with Crippen LogP contribution in [0.25, 0.3) is 28.6 Å². The molecule has 0 aliphatic rings. The van der Waals surface area contributed by atoms with Crippen molar-refractivity contribution in [1.82, 2.24) is 30.3 Å². The summed E-state index contributed by atoms with van der Waals surface area (Å²) < 4.78 is 7.46. The summed E-state index contributed by atoms with van der Waals surface area (Å²) >= 11 is 0. The second-order valence-electron chi connectivity index (χ2n) is 7.48. The van der Waals surface area contributed by atoms with E-state index in [1.54, 1.807) is 35.3 Å². The van der Waals surface area contributed by atoms with Crippen LogP contribution in [0.1, 0.15) is 28.9 Å². The third-order valence-corrected chi connectivity index (χ3v) is 5.26. The van der Waals surface area contributed by atoms with Crippen LogP contribution < -0.4 is 5.32 Å². The van der Waals surface area contributed by atoms with E-state index in [1.807, 2.05) is 61.5 Å². The Labute approximate surface area is 189 Å². The van der Waals surface area contributed by atoms with Crippen molar-refractivity contribution in [1.29, 1.82) is 0 Å². The Morgan fingerprint density at radius 2 is 1.55 bits per heavy atom. The molecular weight excluding hydrogens is 416 g/mol. The summed E-state index contributed by atoms with van der Waals surface area (Å²) in [5.74, 6) is 0.697. The molecule has 1 atom stereocenters. The van der Waals surface area contributed by atoms with E-state index in [0.717, 1.165) is 22.4 Å². The number of nitrogens with zero attached hydrogens (tertiary/aromatic N) is 5. The van der Waals surface area contributed by atoms with Gasteiger partial charge in [-0.15, -0.1) is 10.2 Å². The van der Waals surface area contributed by atoms with E-state index >= 15 is 0 Å². The predicted molar refractivity (Wildman–Crippen MR) is 122 cm³/mol. The van der Waals surface area contributed by atoms with Gasteiger partial charge in [-0.3, -0.25) is 4.79 Å². The van der Waals surface area contributed by atoms with Gasteiger partial charge < -0.3 is 9.73 Å². The van der Waals surface area contributed by atoms with E-state index < -0.39 is 0 Å². The Kier molecular flexibility index (Phi) is 5.47. The monoisotopic (exact) mass is 436 g/mol. The zero-order chi connectivity index (χ0) is 22.6. The fraction of sp³-hybridized carbons (Fsp3) is 0.0800. The van der Waals surface area contributed by atoms with Gasteiger partial charge in [-0.05, 0) is 61.0 Å². The third-order valence-electron chi connectivity index (χ3n) is 5.26. The molecule has 0 bridgehead atoms. The Morgan fingerprint density at radius 1 is 0.879 bits per heavy atom. The largest absolute Gasteiger partial charge is 0.416 e. The predicted octanol–water partition coefficient (Wildman–Crippen LogP) is 4.48. The van der Waals surface area contributed by atoms with Gasteiger partial charge in [-0.25, -0.2) is 9.67 Å². The zero-order valence-corrected chi connectivity index (χ0v) is 17.8. The lowest BCUT2D eigenvalue weighted by molar-refractivity contribution is 0.0940. The lowest BCUT2D eigenvalue weighted by Gasteiger charge is -2.15. The number of amides is 1. The summed E-state index contributed by atoms with van der Waals surface area (Å²) in [5.41, 5.74) is 4.05. The van der Waals surface area contributed by atoms with Gasteiger partial charge in [0.15, 0.2) is 0 Å². The Bertz CT molecular complexity index is 1340. The molecule has 0 fully saturated rings. The molecule has 0 aliphatic heterocycles. The number of nitrogens with one attached hydrogen (secondary N) is 1. The van der Waals surface area contributed by atoms with E-state index in [-0.39, 0.29) is 11.9 Å². The van der Waals surface area contributed by atoms with Gasteiger partial charge in [-0.1, -0.05) is 30.3 Å². The number of hydrogen-bond donors (Lipinski definition) is 1. The molecule has 0 radical (unpaired) electrons. The van der Waals surface area contributed by atoms with Crippen molar-refractivity contribution in [3.05, 3.63) is 103 Å². The van der Waals surface area contributed by atoms with Gasteiger partial charge in [0, 0.05) is 16.7 Å². The van der Waals surface area contributed by atoms with Crippen LogP contribution in [-0.2, 0) is 0 Å². The summed E-state index contributed by atoms with van der Waals surface area (Å²) in [5, 5.41) is 15.4. The highest BCUT2D eigenvalue weighted by molar-refractivity contribution is 5.94. The van der Waals surface area contributed by atoms with E-state index in [0.29, 0.717) is 17.3 Å². The van der Waals surface area contributed by atoms with E-state index in [1.165, 1.54) is 6.33 Å². The van der Waals surface area contributed by atoms with Crippen molar-refractivity contribution in [3.63, 3.8) is 0 Å². The van der Waals surface area contributed by atoms with Crippen LogP contribution in [-0.4, -0.2) is 30.9 Å². The molecule has 2 heterocycles. The summed E-state index contributed by atoms with van der Waals surface area (Å²) in [6, 6.07) is 24.3. The first kappa shape index (κ1) is 20.3. The highest BCUT2D eigenvalue weighted by atomic mass is 16.4. The second-order valence-corrected chi connectivity index (χ2v) is 7.48. The lowest BCUT2D eigenvalue weighted by atomic mass is 10.1. The Hall–Kier alpha value is -4.59. The summed E-state index contributed by atoms with van der Waals surface area (Å²) in [7, 11) is 0. The molecule has 8 heteroatoms. The molecule has 162 valence electrons. The zero-order valence-electron chi connectivity index (χ0n) is 17.8. The van der Waals surface area contributed by atoms with Crippen molar-refractivity contribution in [2.24, 2.45) is 0 Å². The van der Waals surface area contributed by atoms with Crippen LogP contribution in [0.15, 0.2) is 95.9 Å². The fourth-order valence-electron chi connectivity index (χ4n) is 3.42. The first-order chi connectivity index (χ1) is 16.2. The minimum Gasteiger partial charge on any atom is -0.416 e. The number of carbonyl (C=O) groups excluding carboxylic acids is 1. The van der Waals surface area contributed by atoms with Gasteiger partial charge in [0.25, 0.3) is 5.91 Å². The minimum absolute atomic E-state index is 0.161. The SMILES string of the molecule is CC(NC(=O)c1ccc(-c2nnc(-c3ccccc3)o2)cc1)c1ccc(-n2cncn2)cc1. The smallest absolute Gasteiger partial charge is 0.251 e. The molecule has 1 N–H and O–H groups in total. The molecule has 0 saturated heterocycles. The van der Waals surface area contributed by atoms with Gasteiger partial charge in [-0.2, -0.15) is 5.10 Å². The van der Waals surface area contributed by atoms with Gasteiger partial charge in [0.05, 0.1) is 11.7 Å². The lowest BCUT2D eigenvalue weighted by Crippen LogP contribution is -2.26. The van der Waals surface area contributed by atoms with Crippen LogP contribution >= 0.6 is 0 Å². The first-order valence-electron chi connectivity index (χ1n) is 10.4. The van der Waals surface area contributed by atoms with Gasteiger partial charge >= 0.3 is 0 Å². The number of hydrogen-bond acceptors (Lipinski definition) is 6. The van der Waals surface area contributed by atoms with Crippen molar-refractivity contribution in [2.75, 3.05) is 0 Å². The maximum absolute atomic E-state index is 12.7. The molecule has 0 spiro atoms. The fourth-order valence-corrected chi connectivity index (χ4v) is 3.42. The maximum atomic E-state index is 12.7. The maximum Gasteiger partial charge on any atom is 0.251 e. The molecule has 0 saturated carbocycles. The van der Waals surface area contributed by atoms with Crippen LogP contribution in [0.3, 0.4) is 0 Å². The normalized spacial score (nSPS) is 11.8. The molecule has 5 aromatic rings. The highest BCUT2D eigenvalue weighted by Crippen LogP contribution is 2.24.